The fourth-order valence-electron chi connectivity index (χ4n) is 3.64. The number of carbonyl (C=O) groups excluding carboxylic acids is 1. The zero-order valence-corrected chi connectivity index (χ0v) is 11.7. The van der Waals surface area contributed by atoms with Crippen molar-refractivity contribution in [1.82, 2.24) is 0 Å². The summed E-state index contributed by atoms with van der Waals surface area (Å²) in [6.07, 6.45) is 3.09. The van der Waals surface area contributed by atoms with E-state index in [2.05, 4.69) is 0 Å². The van der Waals surface area contributed by atoms with Crippen LogP contribution in [0.3, 0.4) is 0 Å². The normalized spacial score (nSPS) is 36.3. The third kappa shape index (κ3) is 1.61. The molecule has 108 valence electrons. The van der Waals surface area contributed by atoms with Gasteiger partial charge in [-0.3, -0.25) is 9.59 Å². The molecule has 1 aromatic rings. The first kappa shape index (κ1) is 12.9. The zero-order valence-electron chi connectivity index (χ0n) is 10.9. The number of halogens is 1. The van der Waals surface area contributed by atoms with Gasteiger partial charge in [-0.15, -0.1) is 0 Å². The molecule has 3 aliphatic rings. The summed E-state index contributed by atoms with van der Waals surface area (Å²) in [6.45, 7) is 0.327. The summed E-state index contributed by atoms with van der Waals surface area (Å²) in [6, 6.07) is 6.97. The van der Waals surface area contributed by atoms with Gasteiger partial charge >= 0.3 is 5.97 Å². The molecule has 0 saturated carbocycles. The fraction of sp³-hybridized carbons (Fsp3) is 0.333. The second-order valence-corrected chi connectivity index (χ2v) is 6.08. The number of anilines is 1. The maximum absolute atomic E-state index is 12.7. The van der Waals surface area contributed by atoms with Crippen molar-refractivity contribution in [1.29, 1.82) is 0 Å². The number of hydrogen-bond acceptors (Lipinski definition) is 3. The van der Waals surface area contributed by atoms with Crippen LogP contribution < -0.4 is 4.90 Å². The molecule has 0 aliphatic carbocycles. The number of aliphatic carboxylic acids is 1. The molecule has 1 amide bonds. The van der Waals surface area contributed by atoms with E-state index >= 15 is 0 Å². The summed E-state index contributed by atoms with van der Waals surface area (Å²) in [5.41, 5.74) is -0.145. The number of fused-ring (bicyclic) bond motifs is 1. The Morgan fingerprint density at radius 2 is 2.29 bits per heavy atom. The lowest BCUT2D eigenvalue weighted by Crippen LogP contribution is -2.39. The number of benzene rings is 1. The Kier molecular flexibility index (Phi) is 2.50. The van der Waals surface area contributed by atoms with Gasteiger partial charge in [0.2, 0.25) is 5.91 Å². The Morgan fingerprint density at radius 1 is 1.48 bits per heavy atom. The largest absolute Gasteiger partial charge is 0.481 e. The minimum Gasteiger partial charge on any atom is -0.481 e. The van der Waals surface area contributed by atoms with E-state index in [0.29, 0.717) is 17.3 Å². The highest BCUT2D eigenvalue weighted by Gasteiger charge is 2.67. The van der Waals surface area contributed by atoms with Crippen LogP contribution in [0.25, 0.3) is 0 Å². The van der Waals surface area contributed by atoms with Gasteiger partial charge in [0.15, 0.2) is 0 Å². The average molecular weight is 306 g/mol. The van der Waals surface area contributed by atoms with Gasteiger partial charge < -0.3 is 14.7 Å². The van der Waals surface area contributed by atoms with Crippen molar-refractivity contribution in [3.63, 3.8) is 0 Å². The summed E-state index contributed by atoms with van der Waals surface area (Å²) < 4.78 is 5.82. The molecule has 2 saturated heterocycles. The number of carboxylic acid groups (broad SMARTS) is 1. The van der Waals surface area contributed by atoms with E-state index in [-0.39, 0.29) is 5.91 Å². The molecule has 1 N–H and O–H groups in total. The van der Waals surface area contributed by atoms with Gasteiger partial charge in [-0.1, -0.05) is 29.8 Å². The van der Waals surface area contributed by atoms with Gasteiger partial charge in [-0.25, -0.2) is 0 Å². The van der Waals surface area contributed by atoms with Crippen LogP contribution in [0.2, 0.25) is 5.02 Å². The topological polar surface area (TPSA) is 66.8 Å². The molecule has 0 radical (unpaired) electrons. The van der Waals surface area contributed by atoms with Crippen molar-refractivity contribution in [2.45, 2.75) is 11.7 Å². The van der Waals surface area contributed by atoms with Gasteiger partial charge in [0.25, 0.3) is 0 Å². The smallest absolute Gasteiger partial charge is 0.310 e. The number of rotatable bonds is 2. The number of amides is 1. The Balaban J connectivity index is 1.75. The number of ether oxygens (including phenoxy) is 1. The quantitative estimate of drug-likeness (QED) is 0.845. The third-order valence-corrected chi connectivity index (χ3v) is 4.74. The van der Waals surface area contributed by atoms with Crippen molar-refractivity contribution in [2.75, 3.05) is 11.4 Å². The first-order chi connectivity index (χ1) is 10.0. The maximum Gasteiger partial charge on any atom is 0.310 e. The predicted octanol–water partition coefficient (Wildman–Crippen LogP) is 1.71. The van der Waals surface area contributed by atoms with Gasteiger partial charge in [0.05, 0.1) is 18.6 Å². The monoisotopic (exact) mass is 305 g/mol. The summed E-state index contributed by atoms with van der Waals surface area (Å²) in [5.74, 6) is -2.68. The number of nitrogens with zero attached hydrogens (tertiary/aromatic N) is 1. The molecule has 1 spiro atoms. The summed E-state index contributed by atoms with van der Waals surface area (Å²) in [7, 11) is 0. The molecule has 1 aromatic carbocycles. The average Bonchev–Trinajstić information content (AvgIpc) is 3.07. The summed E-state index contributed by atoms with van der Waals surface area (Å²) in [5, 5.41) is 9.92. The zero-order chi connectivity index (χ0) is 14.8. The Hall–Kier alpha value is -1.85. The molecule has 21 heavy (non-hydrogen) atoms. The number of carboxylic acids is 1. The second kappa shape index (κ2) is 4.08. The van der Waals surface area contributed by atoms with Crippen LogP contribution in [-0.2, 0) is 14.3 Å². The van der Waals surface area contributed by atoms with Crippen LogP contribution in [0.4, 0.5) is 5.69 Å². The van der Waals surface area contributed by atoms with E-state index in [4.69, 9.17) is 16.3 Å². The minimum absolute atomic E-state index is 0.212. The Bertz CT molecular complexity index is 688. The molecule has 2 bridgehead atoms. The van der Waals surface area contributed by atoms with Crippen LogP contribution in [0, 0.1) is 11.8 Å². The molecule has 6 heteroatoms. The standard InChI is InChI=1S/C15H12ClNO4/c16-8-2-1-3-9(6-8)17-7-15-5-4-10(21-15)11(14(19)20)12(15)13(17)18/h1-6,10-12H,7H2,(H,19,20)/t10-,11-,12+,15-/m0/s1. The van der Waals surface area contributed by atoms with Gasteiger partial charge in [0, 0.05) is 10.7 Å². The predicted molar refractivity (Wildman–Crippen MR) is 75.2 cm³/mol. The summed E-state index contributed by atoms with van der Waals surface area (Å²) in [4.78, 5) is 25.7. The van der Waals surface area contributed by atoms with E-state index < -0.39 is 29.5 Å². The van der Waals surface area contributed by atoms with Crippen LogP contribution >= 0.6 is 11.6 Å². The van der Waals surface area contributed by atoms with E-state index in [1.807, 2.05) is 6.08 Å². The number of hydrogen-bond donors (Lipinski definition) is 1. The first-order valence-electron chi connectivity index (χ1n) is 6.69. The van der Waals surface area contributed by atoms with E-state index in [1.54, 1.807) is 35.2 Å². The van der Waals surface area contributed by atoms with Crippen molar-refractivity contribution in [2.24, 2.45) is 11.8 Å². The molecule has 4 atom stereocenters. The van der Waals surface area contributed by atoms with Crippen LogP contribution in [0.1, 0.15) is 0 Å². The van der Waals surface area contributed by atoms with E-state index in [1.165, 1.54) is 0 Å². The Labute approximate surface area is 125 Å². The van der Waals surface area contributed by atoms with Gasteiger partial charge in [0.1, 0.15) is 11.5 Å². The van der Waals surface area contributed by atoms with Crippen molar-refractivity contribution < 1.29 is 19.4 Å². The van der Waals surface area contributed by atoms with E-state index in [9.17, 15) is 14.7 Å². The highest BCUT2D eigenvalue weighted by Crippen LogP contribution is 2.52. The van der Waals surface area contributed by atoms with Crippen LogP contribution in [0.5, 0.6) is 0 Å². The van der Waals surface area contributed by atoms with Gasteiger partial charge in [-0.2, -0.15) is 0 Å². The third-order valence-electron chi connectivity index (χ3n) is 4.51. The number of carbonyl (C=O) groups is 2. The first-order valence-corrected chi connectivity index (χ1v) is 7.07. The van der Waals surface area contributed by atoms with Crippen molar-refractivity contribution in [3.05, 3.63) is 41.4 Å². The molecule has 5 nitrogen and oxygen atoms in total. The lowest BCUT2D eigenvalue weighted by molar-refractivity contribution is -0.146. The molecular weight excluding hydrogens is 294 g/mol. The molecule has 3 aliphatic heterocycles. The highest BCUT2D eigenvalue weighted by molar-refractivity contribution is 6.31. The highest BCUT2D eigenvalue weighted by atomic mass is 35.5. The van der Waals surface area contributed by atoms with Crippen molar-refractivity contribution in [3.8, 4) is 0 Å². The van der Waals surface area contributed by atoms with Crippen LogP contribution in [-0.4, -0.2) is 35.2 Å². The van der Waals surface area contributed by atoms with E-state index in [0.717, 1.165) is 0 Å². The molecule has 0 aromatic heterocycles. The molecule has 4 rings (SSSR count). The SMILES string of the molecule is O=C(O)[C@H]1[C@@H]2C=C[C@@]3(CN(c4cccc(Cl)c4)C(=O)[C@@H]13)O2. The molecular formula is C15H12ClNO4. The molecule has 2 fully saturated rings. The lowest BCUT2D eigenvalue weighted by Gasteiger charge is -2.21. The Morgan fingerprint density at radius 3 is 3.00 bits per heavy atom. The van der Waals surface area contributed by atoms with Crippen LogP contribution in [0.15, 0.2) is 36.4 Å². The van der Waals surface area contributed by atoms with Gasteiger partial charge in [-0.05, 0) is 18.2 Å². The lowest BCUT2D eigenvalue weighted by atomic mass is 9.77. The molecule has 3 heterocycles. The van der Waals surface area contributed by atoms with Crippen molar-refractivity contribution >= 4 is 29.2 Å². The minimum atomic E-state index is -0.988. The summed E-state index contributed by atoms with van der Waals surface area (Å²) >= 11 is 5.97. The fourth-order valence-corrected chi connectivity index (χ4v) is 3.83. The molecule has 0 unspecified atom stereocenters. The maximum atomic E-state index is 12.7. The second-order valence-electron chi connectivity index (χ2n) is 5.64.